The molecule has 2 rings (SSSR count). The lowest BCUT2D eigenvalue weighted by atomic mass is 10.1. The number of carbonyl (C=O) groups excluding carboxylic acids is 1. The van der Waals surface area contributed by atoms with Crippen LogP contribution in [-0.2, 0) is 4.79 Å². The van der Waals surface area contributed by atoms with E-state index >= 15 is 0 Å². The molecular formula is C12H9BrClNO2. The van der Waals surface area contributed by atoms with Gasteiger partial charge < -0.3 is 10.0 Å². The number of amides is 1. The molecule has 1 saturated heterocycles. The van der Waals surface area contributed by atoms with E-state index in [0.29, 0.717) is 28.1 Å². The second kappa shape index (κ2) is 4.59. The molecule has 0 radical (unpaired) electrons. The molecule has 1 aromatic carbocycles. The van der Waals surface area contributed by atoms with Crippen molar-refractivity contribution in [1.29, 1.82) is 0 Å². The fourth-order valence-corrected chi connectivity index (χ4v) is 2.60. The van der Waals surface area contributed by atoms with Gasteiger partial charge in [-0.25, -0.2) is 0 Å². The molecule has 1 amide bonds. The minimum absolute atomic E-state index is 0.000390. The highest BCUT2D eigenvalue weighted by atomic mass is 79.9. The van der Waals surface area contributed by atoms with Crippen molar-refractivity contribution in [2.24, 2.45) is 5.92 Å². The van der Waals surface area contributed by atoms with E-state index < -0.39 is 0 Å². The summed E-state index contributed by atoms with van der Waals surface area (Å²) in [6, 6.07) is 3.12. The average Bonchev–Trinajstić information content (AvgIpc) is 2.65. The number of nitrogens with zero attached hydrogens (tertiary/aromatic N) is 1. The van der Waals surface area contributed by atoms with Crippen LogP contribution in [-0.4, -0.2) is 17.6 Å². The van der Waals surface area contributed by atoms with Crippen LogP contribution in [0.2, 0.25) is 5.02 Å². The van der Waals surface area contributed by atoms with E-state index in [0.717, 1.165) is 0 Å². The van der Waals surface area contributed by atoms with Crippen molar-refractivity contribution in [3.05, 3.63) is 21.6 Å². The lowest BCUT2D eigenvalue weighted by Gasteiger charge is -2.18. The Morgan fingerprint density at radius 1 is 1.59 bits per heavy atom. The molecule has 1 fully saturated rings. The van der Waals surface area contributed by atoms with E-state index in [1.54, 1.807) is 12.1 Å². The topological polar surface area (TPSA) is 40.5 Å². The van der Waals surface area contributed by atoms with Crippen LogP contribution in [0, 0.1) is 18.3 Å². The number of benzene rings is 1. The Labute approximate surface area is 113 Å². The highest BCUT2D eigenvalue weighted by molar-refractivity contribution is 9.10. The zero-order valence-corrected chi connectivity index (χ0v) is 11.1. The Bertz CT molecular complexity index is 524. The second-order valence-corrected chi connectivity index (χ2v) is 5.12. The Balaban J connectivity index is 2.42. The molecule has 1 atom stereocenters. The quantitative estimate of drug-likeness (QED) is 0.810. The third-order valence-electron chi connectivity index (χ3n) is 2.66. The van der Waals surface area contributed by atoms with E-state index in [2.05, 4.69) is 21.9 Å². The number of terminal acetylenes is 1. The lowest BCUT2D eigenvalue weighted by molar-refractivity contribution is -0.117. The Hall–Kier alpha value is -1.18. The molecule has 0 spiro atoms. The summed E-state index contributed by atoms with van der Waals surface area (Å²) in [5.41, 5.74) is 0.395. The van der Waals surface area contributed by atoms with E-state index in [-0.39, 0.29) is 17.6 Å². The summed E-state index contributed by atoms with van der Waals surface area (Å²) in [5, 5.41) is 10.4. The summed E-state index contributed by atoms with van der Waals surface area (Å²) in [6.45, 7) is 0.412. The molecule has 0 bridgehead atoms. The van der Waals surface area contributed by atoms with Crippen molar-refractivity contribution >= 4 is 39.1 Å². The summed E-state index contributed by atoms with van der Waals surface area (Å²) in [4.78, 5) is 13.2. The fraction of sp³-hybridized carbons (Fsp3) is 0.250. The van der Waals surface area contributed by atoms with Gasteiger partial charge in [-0.05, 0) is 28.1 Å². The van der Waals surface area contributed by atoms with Crippen molar-refractivity contribution in [1.82, 2.24) is 0 Å². The maximum absolute atomic E-state index is 11.8. The fourth-order valence-electron chi connectivity index (χ4n) is 1.81. The van der Waals surface area contributed by atoms with Crippen molar-refractivity contribution < 1.29 is 9.90 Å². The van der Waals surface area contributed by atoms with Gasteiger partial charge in [0.05, 0.1) is 10.2 Å². The largest absolute Gasteiger partial charge is 0.505 e. The smallest absolute Gasteiger partial charge is 0.228 e. The molecule has 1 N–H and O–H groups in total. The van der Waals surface area contributed by atoms with Crippen molar-refractivity contribution in [3.63, 3.8) is 0 Å². The van der Waals surface area contributed by atoms with Crippen LogP contribution >= 0.6 is 27.5 Å². The Kier molecular flexibility index (Phi) is 3.32. The minimum Gasteiger partial charge on any atom is -0.505 e. The van der Waals surface area contributed by atoms with Gasteiger partial charge >= 0.3 is 0 Å². The molecule has 5 heteroatoms. The molecule has 1 heterocycles. The van der Waals surface area contributed by atoms with Gasteiger partial charge in [-0.15, -0.1) is 12.3 Å². The number of carbonyl (C=O) groups is 1. The average molecular weight is 315 g/mol. The van der Waals surface area contributed by atoms with Gasteiger partial charge in [-0.1, -0.05) is 11.6 Å². The van der Waals surface area contributed by atoms with E-state index in [4.69, 9.17) is 18.0 Å². The van der Waals surface area contributed by atoms with Gasteiger partial charge in [0.25, 0.3) is 0 Å². The first-order valence-corrected chi connectivity index (χ1v) is 6.14. The van der Waals surface area contributed by atoms with E-state index in [1.165, 1.54) is 4.90 Å². The monoisotopic (exact) mass is 313 g/mol. The molecule has 3 nitrogen and oxygen atoms in total. The number of hydrogen-bond acceptors (Lipinski definition) is 2. The maximum atomic E-state index is 11.8. The molecule has 0 aliphatic carbocycles. The molecular weight excluding hydrogens is 305 g/mol. The highest BCUT2D eigenvalue weighted by Gasteiger charge is 2.31. The predicted octanol–water partition coefficient (Wildman–Crippen LogP) is 2.79. The second-order valence-electron chi connectivity index (χ2n) is 3.83. The molecule has 1 aliphatic rings. The summed E-state index contributed by atoms with van der Waals surface area (Å²) in [5.74, 6) is 2.34. The SMILES string of the molecule is C#CC1CC(=O)N(c2cc(Cl)cc(Br)c2O)C1. The van der Waals surface area contributed by atoms with E-state index in [1.807, 2.05) is 0 Å². The summed E-state index contributed by atoms with van der Waals surface area (Å²) in [6.07, 6.45) is 5.61. The lowest BCUT2D eigenvalue weighted by Crippen LogP contribution is -2.24. The Morgan fingerprint density at radius 2 is 2.29 bits per heavy atom. The molecule has 17 heavy (non-hydrogen) atoms. The van der Waals surface area contributed by atoms with Gasteiger partial charge in [-0.2, -0.15) is 0 Å². The molecule has 0 aromatic heterocycles. The van der Waals surface area contributed by atoms with Crippen LogP contribution in [0.25, 0.3) is 0 Å². The van der Waals surface area contributed by atoms with Crippen molar-refractivity contribution in [2.75, 3.05) is 11.4 Å². The van der Waals surface area contributed by atoms with Gasteiger partial charge in [0, 0.05) is 23.9 Å². The summed E-state index contributed by atoms with van der Waals surface area (Å²) >= 11 is 9.08. The Morgan fingerprint density at radius 3 is 2.88 bits per heavy atom. The summed E-state index contributed by atoms with van der Waals surface area (Å²) in [7, 11) is 0. The van der Waals surface area contributed by atoms with Crippen molar-refractivity contribution in [3.8, 4) is 18.1 Å². The number of anilines is 1. The molecule has 1 aliphatic heterocycles. The van der Waals surface area contributed by atoms with Gasteiger partial charge in [0.15, 0.2) is 5.75 Å². The first-order chi connectivity index (χ1) is 8.02. The normalized spacial score (nSPS) is 19.5. The standard InChI is InChI=1S/C12H9BrClNO2/c1-2-7-3-11(16)15(6-7)10-5-8(14)4-9(13)12(10)17/h1,4-5,7,17H,3,6H2. The number of aromatic hydroxyl groups is 1. The number of phenolic OH excluding ortho intramolecular Hbond substituents is 1. The van der Waals surface area contributed by atoms with E-state index in [9.17, 15) is 9.90 Å². The summed E-state index contributed by atoms with van der Waals surface area (Å²) < 4.78 is 0.456. The number of halogens is 2. The van der Waals surface area contributed by atoms with Crippen molar-refractivity contribution in [2.45, 2.75) is 6.42 Å². The third-order valence-corrected chi connectivity index (χ3v) is 3.48. The molecule has 1 aromatic rings. The van der Waals surface area contributed by atoms with Crippen LogP contribution in [0.5, 0.6) is 5.75 Å². The van der Waals surface area contributed by atoms with Crippen LogP contribution < -0.4 is 4.90 Å². The predicted molar refractivity (Wildman–Crippen MR) is 70.1 cm³/mol. The number of hydrogen-bond donors (Lipinski definition) is 1. The van der Waals surface area contributed by atoms with Crippen LogP contribution in [0.15, 0.2) is 16.6 Å². The molecule has 1 unspecified atom stereocenters. The zero-order chi connectivity index (χ0) is 12.6. The van der Waals surface area contributed by atoms with Gasteiger partial charge in [0.2, 0.25) is 5.91 Å². The minimum atomic E-state index is -0.111. The zero-order valence-electron chi connectivity index (χ0n) is 8.78. The highest BCUT2D eigenvalue weighted by Crippen LogP contribution is 2.39. The first-order valence-electron chi connectivity index (χ1n) is 4.97. The molecule has 88 valence electrons. The number of rotatable bonds is 1. The first kappa shape index (κ1) is 12.3. The van der Waals surface area contributed by atoms with Gasteiger partial charge in [-0.3, -0.25) is 4.79 Å². The molecule has 0 saturated carbocycles. The van der Waals surface area contributed by atoms with Crippen LogP contribution in [0.3, 0.4) is 0 Å². The van der Waals surface area contributed by atoms with Crippen LogP contribution in [0.4, 0.5) is 5.69 Å². The van der Waals surface area contributed by atoms with Crippen LogP contribution in [0.1, 0.15) is 6.42 Å². The third kappa shape index (κ3) is 2.26. The number of phenols is 1. The van der Waals surface area contributed by atoms with Gasteiger partial charge in [0.1, 0.15) is 0 Å². The maximum Gasteiger partial charge on any atom is 0.228 e.